The Morgan fingerprint density at radius 2 is 2.29 bits per heavy atom. The summed E-state index contributed by atoms with van der Waals surface area (Å²) < 4.78 is 0. The van der Waals surface area contributed by atoms with Gasteiger partial charge in [0.15, 0.2) is 0 Å². The molecule has 0 bridgehead atoms. The Labute approximate surface area is 88.1 Å². The maximum Gasteiger partial charge on any atom is 0.137 e. The van der Waals surface area contributed by atoms with E-state index >= 15 is 0 Å². The highest BCUT2D eigenvalue weighted by atomic mass is 35.5. The van der Waals surface area contributed by atoms with Gasteiger partial charge in [0.25, 0.3) is 0 Å². The lowest BCUT2D eigenvalue weighted by molar-refractivity contribution is 0.469. The Hall–Kier alpha value is -1.46. The van der Waals surface area contributed by atoms with Gasteiger partial charge in [-0.1, -0.05) is 18.5 Å². The number of nitriles is 1. The molecular formula is C11H10ClNO. The van der Waals surface area contributed by atoms with E-state index in [1.165, 1.54) is 6.08 Å². The van der Waals surface area contributed by atoms with Crippen LogP contribution < -0.4 is 0 Å². The van der Waals surface area contributed by atoms with Gasteiger partial charge in [-0.2, -0.15) is 5.26 Å². The smallest absolute Gasteiger partial charge is 0.137 e. The molecule has 2 nitrogen and oxygen atoms in total. The van der Waals surface area contributed by atoms with Crippen molar-refractivity contribution in [3.05, 3.63) is 34.4 Å². The Bertz CT molecular complexity index is 404. The molecule has 0 amide bonds. The van der Waals surface area contributed by atoms with Crippen molar-refractivity contribution < 1.29 is 5.11 Å². The lowest BCUT2D eigenvalue weighted by Gasteiger charge is -2.05. The molecule has 1 rings (SSSR count). The van der Waals surface area contributed by atoms with Gasteiger partial charge in [-0.25, -0.2) is 0 Å². The normalized spacial score (nSPS) is 10.4. The Morgan fingerprint density at radius 3 is 2.86 bits per heavy atom. The molecule has 1 aromatic rings. The van der Waals surface area contributed by atoms with Gasteiger partial charge < -0.3 is 5.11 Å². The standard InChI is InChI=1S/C11H10ClNO/c1-2-9-6-8(4-3-5-13)7-10(12)11(9)14/h3-4,6-7,14H,2H2,1H3. The van der Waals surface area contributed by atoms with Gasteiger partial charge in [0.2, 0.25) is 0 Å². The number of nitrogens with zero attached hydrogens (tertiary/aromatic N) is 1. The number of phenolic OH excluding ortho intramolecular Hbond substituents is 1. The Morgan fingerprint density at radius 1 is 1.57 bits per heavy atom. The highest BCUT2D eigenvalue weighted by Gasteiger charge is 2.05. The minimum Gasteiger partial charge on any atom is -0.506 e. The first-order valence-electron chi connectivity index (χ1n) is 4.26. The number of benzene rings is 1. The van der Waals surface area contributed by atoms with Gasteiger partial charge in [-0.05, 0) is 35.8 Å². The summed E-state index contributed by atoms with van der Waals surface area (Å²) in [4.78, 5) is 0. The molecule has 72 valence electrons. The molecule has 0 saturated carbocycles. The molecule has 0 fully saturated rings. The van der Waals surface area contributed by atoms with Crippen LogP contribution in [0.2, 0.25) is 5.02 Å². The largest absolute Gasteiger partial charge is 0.506 e. The topological polar surface area (TPSA) is 44.0 Å². The maximum absolute atomic E-state index is 9.53. The van der Waals surface area contributed by atoms with Gasteiger partial charge in [-0.15, -0.1) is 0 Å². The maximum atomic E-state index is 9.53. The van der Waals surface area contributed by atoms with E-state index in [1.807, 2.05) is 19.1 Å². The molecule has 0 aliphatic heterocycles. The van der Waals surface area contributed by atoms with Gasteiger partial charge >= 0.3 is 0 Å². The second-order valence-corrected chi connectivity index (χ2v) is 3.23. The quantitative estimate of drug-likeness (QED) is 0.758. The van der Waals surface area contributed by atoms with Crippen molar-refractivity contribution >= 4 is 17.7 Å². The summed E-state index contributed by atoms with van der Waals surface area (Å²) in [7, 11) is 0. The third-order valence-corrected chi connectivity index (χ3v) is 2.18. The van der Waals surface area contributed by atoms with Crippen molar-refractivity contribution in [3.63, 3.8) is 0 Å². The summed E-state index contributed by atoms with van der Waals surface area (Å²) >= 11 is 5.81. The number of phenols is 1. The summed E-state index contributed by atoms with van der Waals surface area (Å²) in [6.07, 6.45) is 3.74. The van der Waals surface area contributed by atoms with E-state index in [1.54, 1.807) is 12.1 Å². The lowest BCUT2D eigenvalue weighted by atomic mass is 10.1. The van der Waals surface area contributed by atoms with Gasteiger partial charge in [0.05, 0.1) is 11.1 Å². The summed E-state index contributed by atoms with van der Waals surface area (Å²) in [6.45, 7) is 1.93. The Kier molecular flexibility index (Phi) is 3.55. The number of hydrogen-bond acceptors (Lipinski definition) is 2. The molecule has 3 heteroatoms. The lowest BCUT2D eigenvalue weighted by Crippen LogP contribution is -1.84. The van der Waals surface area contributed by atoms with Crippen molar-refractivity contribution in [3.8, 4) is 11.8 Å². The molecule has 0 spiro atoms. The molecular weight excluding hydrogens is 198 g/mol. The number of allylic oxidation sites excluding steroid dienone is 1. The second-order valence-electron chi connectivity index (χ2n) is 2.83. The van der Waals surface area contributed by atoms with Crippen molar-refractivity contribution in [2.24, 2.45) is 0 Å². The predicted molar refractivity (Wildman–Crippen MR) is 57.1 cm³/mol. The summed E-state index contributed by atoms with van der Waals surface area (Å²) in [5, 5.41) is 18.2. The Balaban J connectivity index is 3.17. The number of aryl methyl sites for hydroxylation is 1. The minimum atomic E-state index is 0.128. The molecule has 0 aromatic heterocycles. The van der Waals surface area contributed by atoms with Crippen LogP contribution in [0.5, 0.6) is 5.75 Å². The average Bonchev–Trinajstić information content (AvgIpc) is 2.19. The van der Waals surface area contributed by atoms with Gasteiger partial charge in [-0.3, -0.25) is 0 Å². The molecule has 0 heterocycles. The number of aromatic hydroxyl groups is 1. The van der Waals surface area contributed by atoms with Crippen molar-refractivity contribution in [2.75, 3.05) is 0 Å². The van der Waals surface area contributed by atoms with Gasteiger partial charge in [0.1, 0.15) is 5.75 Å². The second kappa shape index (κ2) is 4.69. The van der Waals surface area contributed by atoms with Gasteiger partial charge in [0, 0.05) is 6.08 Å². The van der Waals surface area contributed by atoms with Crippen LogP contribution in [0, 0.1) is 11.3 Å². The van der Waals surface area contributed by atoms with Crippen LogP contribution in [-0.2, 0) is 6.42 Å². The molecule has 0 aliphatic carbocycles. The van der Waals surface area contributed by atoms with Crippen molar-refractivity contribution in [1.29, 1.82) is 5.26 Å². The zero-order valence-corrected chi connectivity index (χ0v) is 8.54. The molecule has 0 unspecified atom stereocenters. The van der Waals surface area contributed by atoms with E-state index in [0.29, 0.717) is 11.4 Å². The molecule has 0 aliphatic rings. The first-order chi connectivity index (χ1) is 6.69. The van der Waals surface area contributed by atoms with Crippen LogP contribution in [0.25, 0.3) is 6.08 Å². The highest BCUT2D eigenvalue weighted by Crippen LogP contribution is 2.29. The average molecular weight is 208 g/mol. The SMILES string of the molecule is CCc1cc(C=CC#N)cc(Cl)c1O. The van der Waals surface area contributed by atoms with Crippen molar-refractivity contribution in [2.45, 2.75) is 13.3 Å². The summed E-state index contributed by atoms with van der Waals surface area (Å²) in [5.74, 6) is 0.128. The third kappa shape index (κ3) is 2.27. The molecule has 0 atom stereocenters. The zero-order valence-electron chi connectivity index (χ0n) is 7.79. The van der Waals surface area contributed by atoms with E-state index in [0.717, 1.165) is 11.1 Å². The molecule has 1 N–H and O–H groups in total. The third-order valence-electron chi connectivity index (χ3n) is 1.90. The summed E-state index contributed by atoms with van der Waals surface area (Å²) in [6, 6.07) is 5.34. The van der Waals surface area contributed by atoms with Crippen LogP contribution in [0.4, 0.5) is 0 Å². The fourth-order valence-corrected chi connectivity index (χ4v) is 1.43. The fraction of sp³-hybridized carbons (Fsp3) is 0.182. The van der Waals surface area contributed by atoms with Crippen LogP contribution in [-0.4, -0.2) is 5.11 Å². The highest BCUT2D eigenvalue weighted by molar-refractivity contribution is 6.32. The monoisotopic (exact) mass is 207 g/mol. The summed E-state index contributed by atoms with van der Waals surface area (Å²) in [5.41, 5.74) is 1.61. The van der Waals surface area contributed by atoms with Crippen LogP contribution in [0.1, 0.15) is 18.1 Å². The van der Waals surface area contributed by atoms with Crippen molar-refractivity contribution in [1.82, 2.24) is 0 Å². The molecule has 14 heavy (non-hydrogen) atoms. The first-order valence-corrected chi connectivity index (χ1v) is 4.64. The predicted octanol–water partition coefficient (Wildman–Crippen LogP) is 3.14. The van der Waals surface area contributed by atoms with E-state index in [-0.39, 0.29) is 5.75 Å². The fourth-order valence-electron chi connectivity index (χ4n) is 1.18. The zero-order chi connectivity index (χ0) is 10.6. The number of halogens is 1. The number of rotatable bonds is 2. The number of hydrogen-bond donors (Lipinski definition) is 1. The van der Waals surface area contributed by atoms with Crippen LogP contribution in [0.3, 0.4) is 0 Å². The molecule has 0 saturated heterocycles. The minimum absolute atomic E-state index is 0.128. The van der Waals surface area contributed by atoms with Crippen LogP contribution in [0.15, 0.2) is 18.2 Å². The van der Waals surface area contributed by atoms with E-state index in [2.05, 4.69) is 0 Å². The molecule has 0 radical (unpaired) electrons. The van der Waals surface area contributed by atoms with Crippen LogP contribution >= 0.6 is 11.6 Å². The van der Waals surface area contributed by atoms with E-state index < -0.39 is 0 Å². The van der Waals surface area contributed by atoms with E-state index in [9.17, 15) is 5.11 Å². The van der Waals surface area contributed by atoms with E-state index in [4.69, 9.17) is 16.9 Å². The first kappa shape index (κ1) is 10.6. The molecule has 1 aromatic carbocycles.